The number of hydrogen-bond acceptors (Lipinski definition) is 7. The summed E-state index contributed by atoms with van der Waals surface area (Å²) >= 11 is 1.60. The summed E-state index contributed by atoms with van der Waals surface area (Å²) in [6.45, 7) is 2.49. The Balaban J connectivity index is 1.69. The van der Waals surface area contributed by atoms with Crippen molar-refractivity contribution >= 4 is 22.1 Å². The highest BCUT2D eigenvalue weighted by molar-refractivity contribution is 7.16. The van der Waals surface area contributed by atoms with Gasteiger partial charge in [0.2, 0.25) is 0 Å². The molecule has 35 heavy (non-hydrogen) atoms. The number of nitrogens with two attached hydrogens (primary N) is 1. The van der Waals surface area contributed by atoms with E-state index in [9.17, 15) is 15.3 Å². The van der Waals surface area contributed by atoms with Gasteiger partial charge in [-0.3, -0.25) is 9.69 Å². The molecular formula is C28H28N4O2S. The summed E-state index contributed by atoms with van der Waals surface area (Å²) < 4.78 is 5.58. The van der Waals surface area contributed by atoms with Crippen molar-refractivity contribution in [2.75, 3.05) is 11.5 Å². The van der Waals surface area contributed by atoms with E-state index in [4.69, 9.17) is 10.5 Å². The fourth-order valence-electron chi connectivity index (χ4n) is 5.58. The number of rotatable bonds is 4. The molecule has 2 N–H and O–H groups in total. The van der Waals surface area contributed by atoms with E-state index >= 15 is 0 Å². The Morgan fingerprint density at radius 2 is 1.83 bits per heavy atom. The minimum Gasteiger partial charge on any atom is -0.494 e. The predicted octanol–water partition coefficient (Wildman–Crippen LogP) is 5.59. The molecule has 0 saturated carbocycles. The van der Waals surface area contributed by atoms with Gasteiger partial charge in [-0.2, -0.15) is 10.5 Å². The van der Waals surface area contributed by atoms with E-state index in [0.29, 0.717) is 42.0 Å². The number of ketones is 1. The van der Waals surface area contributed by atoms with Crippen LogP contribution >= 0.6 is 11.3 Å². The Hall–Kier alpha value is -3.55. The van der Waals surface area contributed by atoms with E-state index in [1.807, 2.05) is 36.1 Å². The van der Waals surface area contributed by atoms with Gasteiger partial charge in [-0.25, -0.2) is 0 Å². The van der Waals surface area contributed by atoms with Gasteiger partial charge in [0.25, 0.3) is 0 Å². The monoisotopic (exact) mass is 484 g/mol. The first-order chi connectivity index (χ1) is 17.1. The molecule has 1 aromatic heterocycles. The van der Waals surface area contributed by atoms with Crippen LogP contribution in [0.2, 0.25) is 0 Å². The SMILES string of the molecule is CCOc1ccc([C@H]2C(C#N)=C(N)N(c3sc4c(c3C#N)CCCCC4)C3=C2C(=O)CCC3)cc1. The van der Waals surface area contributed by atoms with Crippen LogP contribution in [0.4, 0.5) is 5.00 Å². The summed E-state index contributed by atoms with van der Waals surface area (Å²) in [7, 11) is 0. The van der Waals surface area contributed by atoms with Gasteiger partial charge in [0, 0.05) is 22.6 Å². The molecule has 0 unspecified atom stereocenters. The van der Waals surface area contributed by atoms with Crippen molar-refractivity contribution in [1.82, 2.24) is 0 Å². The minimum atomic E-state index is -0.516. The Kier molecular flexibility index (Phi) is 6.36. The normalized spacial score (nSPS) is 20.0. The summed E-state index contributed by atoms with van der Waals surface area (Å²) in [4.78, 5) is 16.5. The highest BCUT2D eigenvalue weighted by Crippen LogP contribution is 2.50. The van der Waals surface area contributed by atoms with Gasteiger partial charge >= 0.3 is 0 Å². The standard InChI is InChI=1S/C28H28N4O2S/c1-2-34-18-13-11-17(12-14-18)25-21(16-30)27(31)32(22-8-6-9-23(33)26(22)25)28-20(15-29)19-7-4-3-5-10-24(19)35-28/h11-14,25H,2-10,31H2,1H3/t25-/m0/s1. The third-order valence-corrected chi connectivity index (χ3v) is 8.43. The van der Waals surface area contributed by atoms with Gasteiger partial charge in [0.1, 0.15) is 22.6 Å². The number of benzene rings is 1. The van der Waals surface area contributed by atoms with E-state index in [-0.39, 0.29) is 5.78 Å². The van der Waals surface area contributed by atoms with Crippen molar-refractivity contribution in [1.29, 1.82) is 10.5 Å². The van der Waals surface area contributed by atoms with Crippen LogP contribution in [0, 0.1) is 22.7 Å². The number of carbonyl (C=O) groups is 1. The molecule has 2 heterocycles. The molecule has 6 nitrogen and oxygen atoms in total. The molecular weight excluding hydrogens is 456 g/mol. The summed E-state index contributed by atoms with van der Waals surface area (Å²) in [5.74, 6) is 0.602. The maximum atomic E-state index is 13.4. The molecule has 3 aliphatic rings. The third kappa shape index (κ3) is 3.90. The second-order valence-corrected chi connectivity index (χ2v) is 10.3. The number of nitriles is 2. The van der Waals surface area contributed by atoms with E-state index in [0.717, 1.165) is 59.7 Å². The lowest BCUT2D eigenvalue weighted by molar-refractivity contribution is -0.116. The van der Waals surface area contributed by atoms with E-state index in [2.05, 4.69) is 12.1 Å². The minimum absolute atomic E-state index is 0.0482. The van der Waals surface area contributed by atoms with Gasteiger partial charge in [-0.1, -0.05) is 18.6 Å². The van der Waals surface area contributed by atoms with Crippen molar-refractivity contribution in [2.45, 2.75) is 64.2 Å². The second-order valence-electron chi connectivity index (χ2n) is 9.17. The lowest BCUT2D eigenvalue weighted by atomic mass is 9.75. The molecule has 2 aromatic rings. The molecule has 1 aromatic carbocycles. The Labute approximate surface area is 209 Å². The first-order valence-corrected chi connectivity index (χ1v) is 13.1. The van der Waals surface area contributed by atoms with Crippen LogP contribution in [-0.4, -0.2) is 12.4 Å². The summed E-state index contributed by atoms with van der Waals surface area (Å²) in [5, 5.41) is 21.2. The fourth-order valence-corrected chi connectivity index (χ4v) is 6.95. The van der Waals surface area contributed by atoms with Gasteiger partial charge in [-0.05, 0) is 68.7 Å². The summed E-state index contributed by atoms with van der Waals surface area (Å²) in [5.41, 5.74) is 11.2. The number of carbonyl (C=O) groups excluding carboxylic acids is 1. The highest BCUT2D eigenvalue weighted by atomic mass is 32.1. The van der Waals surface area contributed by atoms with Gasteiger partial charge < -0.3 is 10.5 Å². The molecule has 1 atom stereocenters. The molecule has 0 amide bonds. The van der Waals surface area contributed by atoms with Crippen LogP contribution in [0.25, 0.3) is 0 Å². The fraction of sp³-hybridized carbons (Fsp3) is 0.393. The molecule has 0 saturated heterocycles. The van der Waals surface area contributed by atoms with Crippen LogP contribution in [0.3, 0.4) is 0 Å². The van der Waals surface area contributed by atoms with E-state index < -0.39 is 5.92 Å². The highest BCUT2D eigenvalue weighted by Gasteiger charge is 2.41. The van der Waals surface area contributed by atoms with Gasteiger partial charge in [-0.15, -0.1) is 11.3 Å². The zero-order valence-electron chi connectivity index (χ0n) is 19.9. The van der Waals surface area contributed by atoms with Crippen molar-refractivity contribution in [3.63, 3.8) is 0 Å². The number of thiophene rings is 1. The van der Waals surface area contributed by atoms with Crippen molar-refractivity contribution in [2.24, 2.45) is 5.73 Å². The maximum Gasteiger partial charge on any atom is 0.161 e. The molecule has 0 bridgehead atoms. The lowest BCUT2D eigenvalue weighted by Gasteiger charge is -2.39. The van der Waals surface area contributed by atoms with Crippen molar-refractivity contribution in [3.8, 4) is 17.9 Å². The smallest absolute Gasteiger partial charge is 0.161 e. The first kappa shape index (κ1) is 23.2. The molecule has 5 rings (SSSR count). The first-order valence-electron chi connectivity index (χ1n) is 12.3. The molecule has 0 spiro atoms. The average molecular weight is 485 g/mol. The number of Topliss-reactive ketones (excluding diaryl/α,β-unsaturated/α-hetero) is 1. The Morgan fingerprint density at radius 1 is 1.06 bits per heavy atom. The quantitative estimate of drug-likeness (QED) is 0.567. The topological polar surface area (TPSA) is 103 Å². The number of anilines is 1. The van der Waals surface area contributed by atoms with Crippen molar-refractivity contribution in [3.05, 3.63) is 68.5 Å². The van der Waals surface area contributed by atoms with Crippen LogP contribution in [0.1, 0.15) is 72.9 Å². The number of aryl methyl sites for hydroxylation is 1. The third-order valence-electron chi connectivity index (χ3n) is 7.16. The Bertz CT molecular complexity index is 1320. The lowest BCUT2D eigenvalue weighted by Crippen LogP contribution is -2.38. The molecule has 0 radical (unpaired) electrons. The predicted molar refractivity (Wildman–Crippen MR) is 136 cm³/mol. The molecule has 1 aliphatic heterocycles. The van der Waals surface area contributed by atoms with Crippen LogP contribution < -0.4 is 15.4 Å². The largest absolute Gasteiger partial charge is 0.494 e. The summed E-state index contributed by atoms with van der Waals surface area (Å²) in [6.07, 6.45) is 7.05. The van der Waals surface area contributed by atoms with Crippen LogP contribution in [0.15, 0.2) is 46.9 Å². The van der Waals surface area contributed by atoms with Crippen LogP contribution in [-0.2, 0) is 17.6 Å². The van der Waals surface area contributed by atoms with E-state index in [1.165, 1.54) is 11.3 Å². The van der Waals surface area contributed by atoms with Crippen LogP contribution in [0.5, 0.6) is 5.75 Å². The zero-order chi connectivity index (χ0) is 24.5. The number of ether oxygens (including phenoxy) is 1. The van der Waals surface area contributed by atoms with Crippen molar-refractivity contribution < 1.29 is 9.53 Å². The van der Waals surface area contributed by atoms with Gasteiger partial charge in [0.05, 0.1) is 29.7 Å². The second kappa shape index (κ2) is 9.60. The molecule has 0 fully saturated rings. The molecule has 2 aliphatic carbocycles. The maximum absolute atomic E-state index is 13.4. The summed E-state index contributed by atoms with van der Waals surface area (Å²) in [6, 6.07) is 12.3. The molecule has 7 heteroatoms. The Morgan fingerprint density at radius 3 is 2.54 bits per heavy atom. The van der Waals surface area contributed by atoms with Gasteiger partial charge in [0.15, 0.2) is 5.78 Å². The number of fused-ring (bicyclic) bond motifs is 1. The number of hydrogen-bond donors (Lipinski definition) is 1. The molecule has 178 valence electrons. The van der Waals surface area contributed by atoms with E-state index in [1.54, 1.807) is 11.3 Å². The average Bonchev–Trinajstić information content (AvgIpc) is 3.04. The number of allylic oxidation sites excluding steroid dienone is 3. The zero-order valence-corrected chi connectivity index (χ0v) is 20.7. The number of nitrogens with zero attached hydrogens (tertiary/aromatic N) is 3.